The Bertz CT molecular complexity index is 461. The first-order valence-corrected chi connectivity index (χ1v) is 6.39. The van der Waals surface area contributed by atoms with Crippen molar-refractivity contribution < 1.29 is 9.18 Å². The van der Waals surface area contributed by atoms with Crippen molar-refractivity contribution in [1.82, 2.24) is 15.2 Å². The summed E-state index contributed by atoms with van der Waals surface area (Å²) in [4.78, 5) is 17.8. The lowest BCUT2D eigenvalue weighted by atomic mass is 10.2. The van der Waals surface area contributed by atoms with E-state index in [0.717, 1.165) is 25.6 Å². The van der Waals surface area contributed by atoms with Crippen LogP contribution in [0.15, 0.2) is 18.3 Å². The lowest BCUT2D eigenvalue weighted by Gasteiger charge is -2.15. The number of pyridine rings is 1. The van der Waals surface area contributed by atoms with Gasteiger partial charge in [-0.3, -0.25) is 9.69 Å². The lowest BCUT2D eigenvalue weighted by Crippen LogP contribution is -2.37. The second-order valence-corrected chi connectivity index (χ2v) is 5.05. The maximum absolute atomic E-state index is 12.9. The van der Waals surface area contributed by atoms with Crippen molar-refractivity contribution in [2.24, 2.45) is 0 Å². The first-order valence-electron chi connectivity index (χ1n) is 6.39. The summed E-state index contributed by atoms with van der Waals surface area (Å²) in [7, 11) is 0. The fourth-order valence-electron chi connectivity index (χ4n) is 2.49. The maximum Gasteiger partial charge on any atom is 0.251 e. The van der Waals surface area contributed by atoms with Crippen LogP contribution in [0.3, 0.4) is 0 Å². The van der Waals surface area contributed by atoms with Gasteiger partial charge in [0.2, 0.25) is 5.95 Å². The molecular formula is C13H16FN3O. The van der Waals surface area contributed by atoms with Crippen LogP contribution in [0, 0.1) is 5.95 Å². The molecule has 1 atom stereocenters. The molecular weight excluding hydrogens is 233 g/mol. The van der Waals surface area contributed by atoms with Crippen molar-refractivity contribution >= 4 is 5.91 Å². The first-order chi connectivity index (χ1) is 8.72. The van der Waals surface area contributed by atoms with Gasteiger partial charge < -0.3 is 5.32 Å². The molecule has 4 nitrogen and oxygen atoms in total. The highest BCUT2D eigenvalue weighted by atomic mass is 19.1. The van der Waals surface area contributed by atoms with Crippen LogP contribution in [-0.2, 0) is 0 Å². The molecule has 0 radical (unpaired) electrons. The van der Waals surface area contributed by atoms with Crippen molar-refractivity contribution in [2.45, 2.75) is 31.3 Å². The van der Waals surface area contributed by atoms with Gasteiger partial charge in [-0.05, 0) is 25.3 Å². The van der Waals surface area contributed by atoms with Crippen LogP contribution in [0.1, 0.15) is 29.6 Å². The van der Waals surface area contributed by atoms with Crippen LogP contribution in [0.4, 0.5) is 4.39 Å². The molecule has 1 aliphatic carbocycles. The van der Waals surface area contributed by atoms with E-state index in [1.807, 2.05) is 0 Å². The molecule has 1 aliphatic heterocycles. The lowest BCUT2D eigenvalue weighted by molar-refractivity contribution is 0.0937. The molecule has 5 heteroatoms. The zero-order chi connectivity index (χ0) is 12.5. The number of aromatic nitrogens is 1. The molecule has 2 heterocycles. The van der Waals surface area contributed by atoms with Gasteiger partial charge in [0.1, 0.15) is 0 Å². The van der Waals surface area contributed by atoms with Crippen molar-refractivity contribution in [3.05, 3.63) is 29.8 Å². The topological polar surface area (TPSA) is 45.2 Å². The van der Waals surface area contributed by atoms with Gasteiger partial charge in [0.15, 0.2) is 0 Å². The number of amides is 1. The van der Waals surface area contributed by atoms with Crippen LogP contribution < -0.4 is 5.32 Å². The highest BCUT2D eigenvalue weighted by molar-refractivity contribution is 5.94. The maximum atomic E-state index is 12.9. The van der Waals surface area contributed by atoms with E-state index in [9.17, 15) is 9.18 Å². The van der Waals surface area contributed by atoms with E-state index in [1.165, 1.54) is 31.2 Å². The minimum absolute atomic E-state index is 0.189. The molecule has 2 fully saturated rings. The molecule has 1 aromatic rings. The summed E-state index contributed by atoms with van der Waals surface area (Å²) in [5.41, 5.74) is 0.340. The molecule has 1 unspecified atom stereocenters. The van der Waals surface area contributed by atoms with Crippen LogP contribution in [0.5, 0.6) is 0 Å². The van der Waals surface area contributed by atoms with E-state index < -0.39 is 5.95 Å². The second kappa shape index (κ2) is 4.65. The van der Waals surface area contributed by atoms with Gasteiger partial charge in [0.25, 0.3) is 5.91 Å². The summed E-state index contributed by atoms with van der Waals surface area (Å²) in [5, 5.41) is 2.96. The van der Waals surface area contributed by atoms with Gasteiger partial charge in [-0.15, -0.1) is 0 Å². The Morgan fingerprint density at radius 3 is 3.00 bits per heavy atom. The highest BCUT2D eigenvalue weighted by Crippen LogP contribution is 2.29. The Morgan fingerprint density at radius 2 is 2.28 bits per heavy atom. The third-order valence-electron chi connectivity index (χ3n) is 3.61. The van der Waals surface area contributed by atoms with E-state index >= 15 is 0 Å². The van der Waals surface area contributed by atoms with E-state index in [0.29, 0.717) is 5.56 Å². The van der Waals surface area contributed by atoms with Crippen molar-refractivity contribution in [3.8, 4) is 0 Å². The molecule has 96 valence electrons. The van der Waals surface area contributed by atoms with E-state index in [4.69, 9.17) is 0 Å². The average molecular weight is 249 g/mol. The van der Waals surface area contributed by atoms with Crippen LogP contribution in [-0.4, -0.2) is 41.0 Å². The number of carbonyl (C=O) groups excluding carboxylic acids is 1. The summed E-state index contributed by atoms with van der Waals surface area (Å²) in [5.74, 6) is -0.826. The summed E-state index contributed by atoms with van der Waals surface area (Å²) < 4.78 is 12.9. The van der Waals surface area contributed by atoms with Gasteiger partial charge >= 0.3 is 0 Å². The molecule has 1 N–H and O–H groups in total. The fraction of sp³-hybridized carbons (Fsp3) is 0.538. The second-order valence-electron chi connectivity index (χ2n) is 5.05. The van der Waals surface area contributed by atoms with Gasteiger partial charge in [0, 0.05) is 43.0 Å². The molecule has 1 aromatic heterocycles. The van der Waals surface area contributed by atoms with Crippen molar-refractivity contribution in [1.29, 1.82) is 0 Å². The SMILES string of the molecule is O=C(NC1CCN(C2CC2)C1)c1ccnc(F)c1. The van der Waals surface area contributed by atoms with Gasteiger partial charge in [-0.25, -0.2) is 4.98 Å². The quantitative estimate of drug-likeness (QED) is 0.818. The zero-order valence-corrected chi connectivity index (χ0v) is 10.1. The smallest absolute Gasteiger partial charge is 0.251 e. The van der Waals surface area contributed by atoms with Crippen LogP contribution in [0.2, 0.25) is 0 Å². The number of nitrogens with zero attached hydrogens (tertiary/aromatic N) is 2. The standard InChI is InChI=1S/C13H16FN3O/c14-12-7-9(3-5-15-12)13(18)16-10-4-6-17(8-10)11-1-2-11/h3,5,7,10-11H,1-2,4,6,8H2,(H,16,18). The summed E-state index contributed by atoms with van der Waals surface area (Å²) in [6, 6.07) is 3.63. The van der Waals surface area contributed by atoms with Gasteiger partial charge in [-0.2, -0.15) is 4.39 Å². The Hall–Kier alpha value is -1.49. The Balaban J connectivity index is 1.58. The Labute approximate surface area is 105 Å². The van der Waals surface area contributed by atoms with E-state index in [-0.39, 0.29) is 11.9 Å². The molecule has 0 aromatic carbocycles. The minimum Gasteiger partial charge on any atom is -0.348 e. The predicted molar refractivity (Wildman–Crippen MR) is 64.7 cm³/mol. The fourth-order valence-corrected chi connectivity index (χ4v) is 2.49. The Morgan fingerprint density at radius 1 is 1.44 bits per heavy atom. The van der Waals surface area contributed by atoms with Crippen molar-refractivity contribution in [3.63, 3.8) is 0 Å². The van der Waals surface area contributed by atoms with E-state index in [1.54, 1.807) is 0 Å². The molecule has 1 amide bonds. The monoisotopic (exact) mass is 249 g/mol. The third kappa shape index (κ3) is 2.51. The molecule has 0 bridgehead atoms. The molecule has 18 heavy (non-hydrogen) atoms. The molecule has 1 saturated heterocycles. The number of hydrogen-bond acceptors (Lipinski definition) is 3. The normalized spacial score (nSPS) is 24.2. The zero-order valence-electron chi connectivity index (χ0n) is 10.1. The number of hydrogen-bond donors (Lipinski definition) is 1. The van der Waals surface area contributed by atoms with Crippen LogP contribution >= 0.6 is 0 Å². The van der Waals surface area contributed by atoms with Gasteiger partial charge in [0.05, 0.1) is 0 Å². The molecule has 0 spiro atoms. The van der Waals surface area contributed by atoms with Crippen LogP contribution in [0.25, 0.3) is 0 Å². The van der Waals surface area contributed by atoms with Gasteiger partial charge in [-0.1, -0.05) is 0 Å². The molecule has 3 rings (SSSR count). The highest BCUT2D eigenvalue weighted by Gasteiger charge is 2.34. The number of rotatable bonds is 3. The molecule has 2 aliphatic rings. The largest absolute Gasteiger partial charge is 0.348 e. The third-order valence-corrected chi connectivity index (χ3v) is 3.61. The number of halogens is 1. The summed E-state index contributed by atoms with van der Waals surface area (Å²) >= 11 is 0. The minimum atomic E-state index is -0.617. The summed E-state index contributed by atoms with van der Waals surface area (Å²) in [6.07, 6.45) is 4.87. The predicted octanol–water partition coefficient (Wildman–Crippen LogP) is 1.19. The van der Waals surface area contributed by atoms with E-state index in [2.05, 4.69) is 15.2 Å². The number of nitrogens with one attached hydrogen (secondary N) is 1. The Kier molecular flexibility index (Phi) is 2.99. The van der Waals surface area contributed by atoms with Crippen molar-refractivity contribution in [2.75, 3.05) is 13.1 Å². The summed E-state index contributed by atoms with van der Waals surface area (Å²) in [6.45, 7) is 1.98. The number of carbonyl (C=O) groups is 1. The average Bonchev–Trinajstić information content (AvgIpc) is 3.11. The number of likely N-dealkylation sites (tertiary alicyclic amines) is 1. The first kappa shape index (κ1) is 11.6. The molecule has 1 saturated carbocycles.